The molecule has 1 aliphatic carbocycles. The van der Waals surface area contributed by atoms with Crippen molar-refractivity contribution in [2.45, 2.75) is 18.1 Å². The summed E-state index contributed by atoms with van der Waals surface area (Å²) in [6, 6.07) is 10.3. The third-order valence-corrected chi connectivity index (χ3v) is 2.59. The van der Waals surface area contributed by atoms with Crippen LogP contribution in [0.3, 0.4) is 0 Å². The highest BCUT2D eigenvalue weighted by Crippen LogP contribution is 2.47. The minimum Gasteiger partial charge on any atom is -0.372 e. The molecular weight excluding hydrogens is 150 g/mol. The van der Waals surface area contributed by atoms with Gasteiger partial charge in [-0.25, -0.2) is 0 Å². The second kappa shape index (κ2) is 2.57. The van der Waals surface area contributed by atoms with Gasteiger partial charge in [0.1, 0.15) is 5.60 Å². The Morgan fingerprint density at radius 2 is 2.00 bits per heavy atom. The number of hydrogen-bond donors (Lipinski definition) is 1. The Morgan fingerprint density at radius 1 is 1.42 bits per heavy atom. The molecule has 0 aliphatic heterocycles. The molecule has 1 fully saturated rings. The third kappa shape index (κ3) is 0.958. The van der Waals surface area contributed by atoms with E-state index in [0.717, 1.165) is 6.42 Å². The van der Waals surface area contributed by atoms with E-state index in [0.29, 0.717) is 0 Å². The first-order valence-electron chi connectivity index (χ1n) is 4.16. The van der Waals surface area contributed by atoms with Crippen LogP contribution >= 0.6 is 0 Å². The van der Waals surface area contributed by atoms with Crippen molar-refractivity contribution in [3.63, 3.8) is 0 Å². The van der Waals surface area contributed by atoms with Crippen LogP contribution in [0.2, 0.25) is 0 Å². The van der Waals surface area contributed by atoms with Crippen molar-refractivity contribution in [1.29, 1.82) is 0 Å². The van der Waals surface area contributed by atoms with E-state index in [1.165, 1.54) is 5.56 Å². The lowest BCUT2D eigenvalue weighted by Crippen LogP contribution is -2.20. The molecule has 0 aromatic heterocycles. The zero-order chi connectivity index (χ0) is 8.60. The van der Waals surface area contributed by atoms with E-state index in [4.69, 9.17) is 10.5 Å². The summed E-state index contributed by atoms with van der Waals surface area (Å²) >= 11 is 0. The molecule has 2 atom stereocenters. The van der Waals surface area contributed by atoms with Gasteiger partial charge in [-0.3, -0.25) is 0 Å². The summed E-state index contributed by atoms with van der Waals surface area (Å²) in [4.78, 5) is 0. The Morgan fingerprint density at radius 3 is 2.42 bits per heavy atom. The Balaban J connectivity index is 2.31. The average Bonchev–Trinajstić information content (AvgIpc) is 2.80. The number of nitrogens with two attached hydrogens (primary N) is 1. The molecule has 1 aliphatic rings. The lowest BCUT2D eigenvalue weighted by molar-refractivity contribution is 0.0736. The fourth-order valence-electron chi connectivity index (χ4n) is 1.67. The highest BCUT2D eigenvalue weighted by atomic mass is 16.5. The molecule has 0 bridgehead atoms. The fraction of sp³-hybridized carbons (Fsp3) is 0.400. The normalized spacial score (nSPS) is 33.3. The van der Waals surface area contributed by atoms with Gasteiger partial charge >= 0.3 is 0 Å². The lowest BCUT2D eigenvalue weighted by atomic mass is 10.1. The van der Waals surface area contributed by atoms with E-state index in [2.05, 4.69) is 12.1 Å². The van der Waals surface area contributed by atoms with Gasteiger partial charge in [0.05, 0.1) is 0 Å². The summed E-state index contributed by atoms with van der Waals surface area (Å²) < 4.78 is 5.42. The van der Waals surface area contributed by atoms with Crippen LogP contribution in [0.15, 0.2) is 30.3 Å². The SMILES string of the molecule is CO[C@@]1(c2ccccc2)C[C@@H]1N. The van der Waals surface area contributed by atoms with Crippen LogP contribution in [0.4, 0.5) is 0 Å². The summed E-state index contributed by atoms with van der Waals surface area (Å²) in [7, 11) is 1.72. The van der Waals surface area contributed by atoms with Gasteiger partial charge in [-0.05, 0) is 5.56 Å². The van der Waals surface area contributed by atoms with Crippen molar-refractivity contribution in [1.82, 2.24) is 0 Å². The number of rotatable bonds is 2. The molecular formula is C10H13NO. The van der Waals surface area contributed by atoms with Crippen molar-refractivity contribution in [2.24, 2.45) is 5.73 Å². The molecule has 1 saturated carbocycles. The standard InChI is InChI=1S/C10H13NO/c1-12-10(7-9(10)11)8-5-3-2-4-6-8/h2-6,9H,7,11H2,1H3/t9-,10+/m0/s1. The average molecular weight is 163 g/mol. The monoisotopic (exact) mass is 163 g/mol. The Hall–Kier alpha value is -0.860. The van der Waals surface area contributed by atoms with Gasteiger partial charge in [-0.1, -0.05) is 30.3 Å². The molecule has 2 nitrogen and oxygen atoms in total. The predicted molar refractivity (Wildman–Crippen MR) is 47.7 cm³/mol. The van der Waals surface area contributed by atoms with Crippen LogP contribution < -0.4 is 5.73 Å². The van der Waals surface area contributed by atoms with E-state index >= 15 is 0 Å². The Bertz CT molecular complexity index is 268. The molecule has 1 aromatic carbocycles. The minimum atomic E-state index is -0.179. The molecule has 1 aromatic rings. The molecule has 0 radical (unpaired) electrons. The van der Waals surface area contributed by atoms with E-state index in [1.54, 1.807) is 7.11 Å². The first-order valence-corrected chi connectivity index (χ1v) is 4.16. The predicted octanol–water partition coefficient (Wildman–Crippen LogP) is 1.26. The van der Waals surface area contributed by atoms with Crippen LogP contribution in [0.5, 0.6) is 0 Å². The van der Waals surface area contributed by atoms with E-state index < -0.39 is 0 Å². The molecule has 2 rings (SSSR count). The molecule has 0 spiro atoms. The quantitative estimate of drug-likeness (QED) is 0.712. The van der Waals surface area contributed by atoms with Crippen molar-refractivity contribution in [3.05, 3.63) is 35.9 Å². The topological polar surface area (TPSA) is 35.2 Å². The van der Waals surface area contributed by atoms with E-state index in [-0.39, 0.29) is 11.6 Å². The zero-order valence-corrected chi connectivity index (χ0v) is 7.16. The van der Waals surface area contributed by atoms with E-state index in [9.17, 15) is 0 Å². The number of ether oxygens (including phenoxy) is 1. The summed E-state index contributed by atoms with van der Waals surface area (Å²) in [5, 5.41) is 0. The van der Waals surface area contributed by atoms with E-state index in [1.807, 2.05) is 18.2 Å². The van der Waals surface area contributed by atoms with Gasteiger partial charge < -0.3 is 10.5 Å². The lowest BCUT2D eigenvalue weighted by Gasteiger charge is -2.14. The number of hydrogen-bond acceptors (Lipinski definition) is 2. The summed E-state index contributed by atoms with van der Waals surface area (Å²) in [6.07, 6.45) is 0.938. The van der Waals surface area contributed by atoms with Crippen LogP contribution in [-0.4, -0.2) is 13.2 Å². The van der Waals surface area contributed by atoms with Crippen molar-refractivity contribution in [3.8, 4) is 0 Å². The largest absolute Gasteiger partial charge is 0.372 e. The molecule has 64 valence electrons. The molecule has 0 saturated heterocycles. The zero-order valence-electron chi connectivity index (χ0n) is 7.16. The molecule has 12 heavy (non-hydrogen) atoms. The number of methoxy groups -OCH3 is 1. The highest BCUT2D eigenvalue weighted by Gasteiger charge is 2.53. The number of benzene rings is 1. The van der Waals surface area contributed by atoms with Gasteiger partial charge in [-0.15, -0.1) is 0 Å². The van der Waals surface area contributed by atoms with Gasteiger partial charge in [0.25, 0.3) is 0 Å². The molecule has 0 amide bonds. The van der Waals surface area contributed by atoms with Gasteiger partial charge in [-0.2, -0.15) is 0 Å². The molecule has 0 unspecified atom stereocenters. The first-order chi connectivity index (χ1) is 5.79. The van der Waals surface area contributed by atoms with Crippen molar-refractivity contribution in [2.75, 3.05) is 7.11 Å². The second-order valence-corrected chi connectivity index (χ2v) is 3.27. The molecule has 2 heteroatoms. The second-order valence-electron chi connectivity index (χ2n) is 3.27. The minimum absolute atomic E-state index is 0.171. The van der Waals surface area contributed by atoms with Gasteiger partial charge in [0.15, 0.2) is 0 Å². The van der Waals surface area contributed by atoms with Crippen molar-refractivity contribution >= 4 is 0 Å². The first kappa shape index (κ1) is 7.77. The van der Waals surface area contributed by atoms with Crippen molar-refractivity contribution < 1.29 is 4.74 Å². The maximum atomic E-state index is 5.82. The Kier molecular flexibility index (Phi) is 1.67. The summed E-state index contributed by atoms with van der Waals surface area (Å²) in [6.45, 7) is 0. The maximum absolute atomic E-state index is 5.82. The van der Waals surface area contributed by atoms with Gasteiger partial charge in [0.2, 0.25) is 0 Å². The Labute approximate surface area is 72.3 Å². The summed E-state index contributed by atoms with van der Waals surface area (Å²) in [5.74, 6) is 0. The van der Waals surface area contributed by atoms with Crippen LogP contribution in [0.25, 0.3) is 0 Å². The van der Waals surface area contributed by atoms with Crippen LogP contribution in [0, 0.1) is 0 Å². The summed E-state index contributed by atoms with van der Waals surface area (Å²) in [5.41, 5.74) is 6.83. The highest BCUT2D eigenvalue weighted by molar-refractivity contribution is 5.32. The smallest absolute Gasteiger partial charge is 0.109 e. The maximum Gasteiger partial charge on any atom is 0.109 e. The molecule has 0 heterocycles. The fourth-order valence-corrected chi connectivity index (χ4v) is 1.67. The molecule has 2 N–H and O–H groups in total. The van der Waals surface area contributed by atoms with Gasteiger partial charge in [0, 0.05) is 19.6 Å². The van der Waals surface area contributed by atoms with Crippen LogP contribution in [-0.2, 0) is 10.3 Å². The van der Waals surface area contributed by atoms with Crippen LogP contribution in [0.1, 0.15) is 12.0 Å². The third-order valence-electron chi connectivity index (χ3n) is 2.59.